The predicted molar refractivity (Wildman–Crippen MR) is 141 cm³/mol. The van der Waals surface area contributed by atoms with Crippen LogP contribution in [0.15, 0.2) is 48.5 Å². The Kier molecular flexibility index (Phi) is 7.74. The van der Waals surface area contributed by atoms with Gasteiger partial charge in [0.1, 0.15) is 48.5 Å². The molecule has 1 atom stereocenters. The first-order valence-corrected chi connectivity index (χ1v) is 12.6. The van der Waals surface area contributed by atoms with E-state index in [0.29, 0.717) is 22.2 Å². The van der Waals surface area contributed by atoms with Gasteiger partial charge in [0.25, 0.3) is 5.91 Å². The minimum Gasteiger partial charge on any atom is -0.494 e. The van der Waals surface area contributed by atoms with Crippen molar-refractivity contribution in [3.8, 4) is 22.8 Å². The minimum atomic E-state index is -3.00. The van der Waals surface area contributed by atoms with Crippen LogP contribution in [-0.2, 0) is 5.41 Å². The monoisotopic (exact) mass is 572 g/mol. The summed E-state index contributed by atoms with van der Waals surface area (Å²) in [5.41, 5.74) is -0.285. The van der Waals surface area contributed by atoms with Gasteiger partial charge in [-0.05, 0) is 55.5 Å². The summed E-state index contributed by atoms with van der Waals surface area (Å²) >= 11 is 0. The molecule has 5 rings (SSSR count). The van der Waals surface area contributed by atoms with Crippen molar-refractivity contribution in [3.63, 3.8) is 0 Å². The Labute approximate surface area is 231 Å². The number of hydrogen-bond acceptors (Lipinski definition) is 6. The molecule has 3 heterocycles. The molecule has 1 N–H and O–H groups in total. The molecule has 0 aliphatic carbocycles. The highest BCUT2D eigenvalue weighted by Gasteiger charge is 2.44. The molecular formula is C29H25F5N4O3. The number of amides is 1. The quantitative estimate of drug-likeness (QED) is 0.267. The molecule has 214 valence electrons. The van der Waals surface area contributed by atoms with E-state index in [-0.39, 0.29) is 40.6 Å². The van der Waals surface area contributed by atoms with Crippen LogP contribution >= 0.6 is 0 Å². The molecule has 1 aliphatic heterocycles. The molecule has 0 radical (unpaired) electrons. The third-order valence-corrected chi connectivity index (χ3v) is 7.11. The molecule has 2 aromatic heterocycles. The van der Waals surface area contributed by atoms with Crippen molar-refractivity contribution < 1.29 is 36.2 Å². The van der Waals surface area contributed by atoms with Gasteiger partial charge in [0.05, 0.1) is 29.8 Å². The van der Waals surface area contributed by atoms with Gasteiger partial charge in [0.2, 0.25) is 6.43 Å². The molecule has 12 heteroatoms. The average Bonchev–Trinajstić information content (AvgIpc) is 3.35. The molecule has 1 unspecified atom stereocenters. The Morgan fingerprint density at radius 3 is 2.49 bits per heavy atom. The highest BCUT2D eigenvalue weighted by molar-refractivity contribution is 5.99. The molecule has 1 amide bonds. The van der Waals surface area contributed by atoms with Crippen molar-refractivity contribution in [1.82, 2.24) is 20.5 Å². The van der Waals surface area contributed by atoms with E-state index in [1.807, 2.05) is 0 Å². The summed E-state index contributed by atoms with van der Waals surface area (Å²) in [7, 11) is 1.40. The van der Waals surface area contributed by atoms with Gasteiger partial charge in [-0.2, -0.15) is 5.10 Å². The fourth-order valence-corrected chi connectivity index (χ4v) is 4.77. The Balaban J connectivity index is 1.51. The Bertz CT molecular complexity index is 1600. The van der Waals surface area contributed by atoms with Gasteiger partial charge >= 0.3 is 0 Å². The fraction of sp³-hybridized carbons (Fsp3) is 0.310. The maximum absolute atomic E-state index is 14.4. The van der Waals surface area contributed by atoms with Crippen LogP contribution in [-0.4, -0.2) is 61.1 Å². The number of pyridine rings is 1. The number of carbonyl (C=O) groups excluding carboxylic acids is 1. The third-order valence-electron chi connectivity index (χ3n) is 7.11. The largest absolute Gasteiger partial charge is 0.494 e. The standard InChI is InChI=1S/C29H25F5N4O3/c1-15-7-17-8-18(9-23(40-2)24(17)38-37-15)28(39)35-11-20(27(33)34)22-10-21-26(41-14-29(21,12-30)13-31)25(36-22)16-3-5-19(32)6-4-16/h3-10,20,27H,11-14H2,1-2H3,(H,35,39). The lowest BCUT2D eigenvalue weighted by Gasteiger charge is -2.23. The van der Waals surface area contributed by atoms with Crippen LogP contribution in [0.5, 0.6) is 11.5 Å². The summed E-state index contributed by atoms with van der Waals surface area (Å²) in [5.74, 6) is -2.50. The van der Waals surface area contributed by atoms with Crippen LogP contribution in [0.25, 0.3) is 22.2 Å². The number of alkyl halides is 4. The van der Waals surface area contributed by atoms with Crippen LogP contribution in [0.2, 0.25) is 0 Å². The second-order valence-corrected chi connectivity index (χ2v) is 9.87. The number of carbonyl (C=O) groups is 1. The van der Waals surface area contributed by atoms with E-state index in [4.69, 9.17) is 9.47 Å². The lowest BCUT2D eigenvalue weighted by Crippen LogP contribution is -2.34. The molecule has 0 spiro atoms. The normalized spacial score (nSPS) is 14.5. The summed E-state index contributed by atoms with van der Waals surface area (Å²) in [5, 5.41) is 11.2. The molecule has 4 aromatic rings. The number of aryl methyl sites for hydroxylation is 1. The van der Waals surface area contributed by atoms with E-state index in [1.54, 1.807) is 19.1 Å². The van der Waals surface area contributed by atoms with Crippen LogP contribution in [0.1, 0.15) is 33.2 Å². The van der Waals surface area contributed by atoms with Crippen molar-refractivity contribution in [2.75, 3.05) is 33.6 Å². The molecule has 0 saturated heterocycles. The molecular weight excluding hydrogens is 547 g/mol. The summed E-state index contributed by atoms with van der Waals surface area (Å²) in [6.45, 7) is -1.43. The van der Waals surface area contributed by atoms with Gasteiger partial charge in [0, 0.05) is 28.6 Å². The van der Waals surface area contributed by atoms with Crippen molar-refractivity contribution in [3.05, 3.63) is 76.9 Å². The van der Waals surface area contributed by atoms with E-state index >= 15 is 0 Å². The smallest absolute Gasteiger partial charge is 0.251 e. The fourth-order valence-electron chi connectivity index (χ4n) is 4.77. The first-order valence-electron chi connectivity index (χ1n) is 12.6. The Morgan fingerprint density at radius 1 is 1.10 bits per heavy atom. The molecule has 0 saturated carbocycles. The number of benzene rings is 2. The van der Waals surface area contributed by atoms with Crippen molar-refractivity contribution in [1.29, 1.82) is 0 Å². The number of aromatic nitrogens is 3. The van der Waals surface area contributed by atoms with E-state index in [9.17, 15) is 26.7 Å². The van der Waals surface area contributed by atoms with Gasteiger partial charge < -0.3 is 14.8 Å². The molecule has 7 nitrogen and oxygen atoms in total. The van der Waals surface area contributed by atoms with Crippen LogP contribution in [0.3, 0.4) is 0 Å². The number of rotatable bonds is 9. The van der Waals surface area contributed by atoms with Gasteiger partial charge in [-0.25, -0.2) is 26.9 Å². The number of nitrogens with one attached hydrogen (secondary N) is 1. The van der Waals surface area contributed by atoms with E-state index in [1.165, 1.54) is 31.4 Å². The predicted octanol–water partition coefficient (Wildman–Crippen LogP) is 5.50. The SMILES string of the molecule is COc1cc(C(=O)NCC(c2cc3c(c(-c4ccc(F)cc4)n2)OCC3(CF)CF)C(F)F)cc2cc(C)nnc12. The van der Waals surface area contributed by atoms with Crippen LogP contribution in [0.4, 0.5) is 22.0 Å². The van der Waals surface area contributed by atoms with Gasteiger partial charge in [-0.1, -0.05) is 0 Å². The second kappa shape index (κ2) is 11.3. The summed E-state index contributed by atoms with van der Waals surface area (Å²) in [6, 6.07) is 10.9. The van der Waals surface area contributed by atoms with Crippen LogP contribution in [0, 0.1) is 12.7 Å². The number of nitrogens with zero attached hydrogens (tertiary/aromatic N) is 3. The number of ether oxygens (including phenoxy) is 2. The van der Waals surface area contributed by atoms with Crippen molar-refractivity contribution in [2.45, 2.75) is 24.7 Å². The van der Waals surface area contributed by atoms with Crippen molar-refractivity contribution in [2.24, 2.45) is 0 Å². The van der Waals surface area contributed by atoms with Gasteiger partial charge in [-0.3, -0.25) is 4.79 Å². The summed E-state index contributed by atoms with van der Waals surface area (Å²) in [4.78, 5) is 17.5. The van der Waals surface area contributed by atoms with E-state index in [0.717, 1.165) is 12.1 Å². The maximum Gasteiger partial charge on any atom is 0.251 e. The minimum absolute atomic E-state index is 0.0500. The zero-order valence-corrected chi connectivity index (χ0v) is 22.1. The van der Waals surface area contributed by atoms with Gasteiger partial charge in [0.15, 0.2) is 0 Å². The van der Waals surface area contributed by atoms with Crippen LogP contribution < -0.4 is 14.8 Å². The molecule has 41 heavy (non-hydrogen) atoms. The Hall–Kier alpha value is -4.35. The summed E-state index contributed by atoms with van der Waals surface area (Å²) < 4.78 is 81.7. The number of halogens is 5. The molecule has 1 aliphatic rings. The highest BCUT2D eigenvalue weighted by Crippen LogP contribution is 2.46. The molecule has 0 fully saturated rings. The zero-order chi connectivity index (χ0) is 29.3. The van der Waals surface area contributed by atoms with E-state index < -0.39 is 49.4 Å². The highest BCUT2D eigenvalue weighted by atomic mass is 19.3. The maximum atomic E-state index is 14.4. The van der Waals surface area contributed by atoms with Gasteiger partial charge in [-0.15, -0.1) is 5.10 Å². The number of hydrogen-bond donors (Lipinski definition) is 1. The molecule has 2 aromatic carbocycles. The zero-order valence-electron chi connectivity index (χ0n) is 22.1. The number of fused-ring (bicyclic) bond motifs is 2. The Morgan fingerprint density at radius 2 is 1.83 bits per heavy atom. The topological polar surface area (TPSA) is 86.2 Å². The lowest BCUT2D eigenvalue weighted by molar-refractivity contribution is 0.0898. The molecule has 0 bridgehead atoms. The van der Waals surface area contributed by atoms with Crippen molar-refractivity contribution >= 4 is 16.8 Å². The third kappa shape index (κ3) is 5.25. The lowest BCUT2D eigenvalue weighted by atomic mass is 9.83. The number of methoxy groups -OCH3 is 1. The summed E-state index contributed by atoms with van der Waals surface area (Å²) in [6.07, 6.45) is -3.00. The average molecular weight is 573 g/mol. The second-order valence-electron chi connectivity index (χ2n) is 9.87. The first kappa shape index (κ1) is 28.2. The van der Waals surface area contributed by atoms with E-state index in [2.05, 4.69) is 20.5 Å². The first-order chi connectivity index (χ1) is 19.7.